The van der Waals surface area contributed by atoms with E-state index in [1.54, 1.807) is 59.7 Å². The number of nitrogen functional groups attached to an aromatic ring is 1. The van der Waals surface area contributed by atoms with E-state index < -0.39 is 23.4 Å². The second-order valence-corrected chi connectivity index (χ2v) is 11.6. The number of ether oxygens (including phenoxy) is 4. The minimum Gasteiger partial charge on any atom is -0.467 e. The lowest BCUT2D eigenvalue weighted by Crippen LogP contribution is -2.47. The molecule has 0 bridgehead atoms. The standard InChI is InChI=1S/C32H38N6O6/c1-31(2,3)43-29(39)37-28(38-30(40)44-32(4,5)6)35-18-20-11-10-12-21(15-20)23-16-25(36-27(34)24(23)17-33)22-13-8-9-14-26(22)42-19-41-7/h8-16H,18-19H2,1-7H3,(H2,34,36)(H2,35,37,38,39,40). The van der Waals surface area contributed by atoms with Crippen molar-refractivity contribution in [3.8, 4) is 34.2 Å². The summed E-state index contributed by atoms with van der Waals surface area (Å²) in [6, 6.07) is 18.5. The Bertz CT molecular complexity index is 1530. The molecular weight excluding hydrogens is 564 g/mol. The average Bonchev–Trinajstić information content (AvgIpc) is 2.92. The largest absolute Gasteiger partial charge is 0.467 e. The number of para-hydroxylation sites is 1. The van der Waals surface area contributed by atoms with Gasteiger partial charge in [-0.25, -0.2) is 19.6 Å². The van der Waals surface area contributed by atoms with Crippen LogP contribution in [0.25, 0.3) is 22.4 Å². The van der Waals surface area contributed by atoms with Crippen molar-refractivity contribution in [1.29, 1.82) is 5.26 Å². The Morgan fingerprint density at radius 1 is 0.932 bits per heavy atom. The van der Waals surface area contributed by atoms with Crippen LogP contribution < -0.4 is 21.1 Å². The first-order chi connectivity index (χ1) is 20.7. The van der Waals surface area contributed by atoms with Crippen LogP contribution in [0.1, 0.15) is 52.7 Å². The highest BCUT2D eigenvalue weighted by atomic mass is 16.7. The fraction of sp³-hybridized carbons (Fsp3) is 0.344. The number of alkyl carbamates (subject to hydrolysis) is 2. The molecule has 12 nitrogen and oxygen atoms in total. The fourth-order valence-electron chi connectivity index (χ4n) is 3.89. The number of rotatable bonds is 7. The van der Waals surface area contributed by atoms with Gasteiger partial charge in [0.2, 0.25) is 5.96 Å². The van der Waals surface area contributed by atoms with Gasteiger partial charge in [0.25, 0.3) is 0 Å². The van der Waals surface area contributed by atoms with E-state index in [2.05, 4.69) is 26.7 Å². The van der Waals surface area contributed by atoms with Crippen molar-refractivity contribution in [2.24, 2.45) is 4.99 Å². The van der Waals surface area contributed by atoms with Crippen LogP contribution in [0.5, 0.6) is 5.75 Å². The van der Waals surface area contributed by atoms with Gasteiger partial charge in [-0.05, 0) is 76.9 Å². The molecule has 1 aromatic heterocycles. The number of carbonyl (C=O) groups is 2. The number of nitrogens with two attached hydrogens (primary N) is 1. The maximum absolute atomic E-state index is 12.4. The van der Waals surface area contributed by atoms with Crippen LogP contribution in [-0.2, 0) is 20.8 Å². The Morgan fingerprint density at radius 3 is 2.16 bits per heavy atom. The number of benzene rings is 2. The normalized spacial score (nSPS) is 11.1. The molecule has 0 atom stereocenters. The Kier molecular flexibility index (Phi) is 10.9. The van der Waals surface area contributed by atoms with Gasteiger partial charge in [0, 0.05) is 18.2 Å². The molecule has 0 aliphatic carbocycles. The lowest BCUT2D eigenvalue weighted by atomic mass is 9.97. The highest BCUT2D eigenvalue weighted by Crippen LogP contribution is 2.35. The Balaban J connectivity index is 1.97. The molecule has 0 radical (unpaired) electrons. The van der Waals surface area contributed by atoms with Crippen LogP contribution in [0, 0.1) is 11.3 Å². The summed E-state index contributed by atoms with van der Waals surface area (Å²) >= 11 is 0. The van der Waals surface area contributed by atoms with Gasteiger partial charge in [0.1, 0.15) is 34.4 Å². The lowest BCUT2D eigenvalue weighted by molar-refractivity contribution is 0.0514. The van der Waals surface area contributed by atoms with Crippen molar-refractivity contribution in [2.75, 3.05) is 19.6 Å². The number of methoxy groups -OCH3 is 1. The summed E-state index contributed by atoms with van der Waals surface area (Å²) in [5.74, 6) is 0.456. The van der Waals surface area contributed by atoms with Crippen molar-refractivity contribution >= 4 is 24.0 Å². The van der Waals surface area contributed by atoms with Gasteiger partial charge in [-0.2, -0.15) is 5.26 Å². The maximum Gasteiger partial charge on any atom is 0.414 e. The molecule has 0 saturated carbocycles. The summed E-state index contributed by atoms with van der Waals surface area (Å²) < 4.78 is 21.4. The molecule has 0 aliphatic heterocycles. The number of aromatic nitrogens is 1. The molecule has 0 saturated heterocycles. The number of nitrogens with one attached hydrogen (secondary N) is 2. The number of carbonyl (C=O) groups excluding carboxylic acids is 2. The fourth-order valence-corrected chi connectivity index (χ4v) is 3.89. The molecule has 0 unspecified atom stereocenters. The molecule has 1 heterocycles. The molecule has 12 heteroatoms. The number of guanidine groups is 1. The lowest BCUT2D eigenvalue weighted by Gasteiger charge is -2.22. The van der Waals surface area contributed by atoms with Crippen molar-refractivity contribution in [1.82, 2.24) is 15.6 Å². The monoisotopic (exact) mass is 602 g/mol. The van der Waals surface area contributed by atoms with E-state index in [1.807, 2.05) is 36.4 Å². The SMILES string of the molecule is COCOc1ccccc1-c1cc(-c2cccc(CN=C(NC(=O)OC(C)(C)C)NC(=O)OC(C)(C)C)c2)c(C#N)c(N)n1. The second-order valence-electron chi connectivity index (χ2n) is 11.6. The zero-order chi connectivity index (χ0) is 32.5. The minimum atomic E-state index is -0.797. The topological polar surface area (TPSA) is 170 Å². The zero-order valence-electron chi connectivity index (χ0n) is 26.0. The molecule has 44 heavy (non-hydrogen) atoms. The highest BCUT2D eigenvalue weighted by Gasteiger charge is 2.21. The molecule has 232 valence electrons. The zero-order valence-corrected chi connectivity index (χ0v) is 26.0. The number of hydrogen-bond donors (Lipinski definition) is 3. The number of nitriles is 1. The van der Waals surface area contributed by atoms with Crippen LogP contribution in [0.15, 0.2) is 59.6 Å². The summed E-state index contributed by atoms with van der Waals surface area (Å²) in [4.78, 5) is 33.8. The summed E-state index contributed by atoms with van der Waals surface area (Å²) in [5.41, 5.74) is 8.06. The molecule has 0 aliphatic rings. The first-order valence-corrected chi connectivity index (χ1v) is 13.7. The van der Waals surface area contributed by atoms with E-state index >= 15 is 0 Å². The first kappa shape index (κ1) is 33.4. The molecule has 2 aromatic carbocycles. The maximum atomic E-state index is 12.4. The van der Waals surface area contributed by atoms with E-state index in [4.69, 9.17) is 24.7 Å². The van der Waals surface area contributed by atoms with Crippen molar-refractivity contribution in [3.63, 3.8) is 0 Å². The van der Waals surface area contributed by atoms with Gasteiger partial charge in [-0.15, -0.1) is 0 Å². The van der Waals surface area contributed by atoms with E-state index in [1.165, 1.54) is 7.11 Å². The number of anilines is 1. The smallest absolute Gasteiger partial charge is 0.414 e. The Morgan fingerprint density at radius 2 is 1.57 bits per heavy atom. The summed E-state index contributed by atoms with van der Waals surface area (Å²) in [6.45, 7) is 10.4. The molecule has 2 amide bonds. The molecule has 4 N–H and O–H groups in total. The van der Waals surface area contributed by atoms with Gasteiger partial charge in [0.15, 0.2) is 6.79 Å². The van der Waals surface area contributed by atoms with E-state index in [0.29, 0.717) is 33.7 Å². The van der Waals surface area contributed by atoms with Crippen LogP contribution in [-0.4, -0.2) is 48.2 Å². The number of nitrogens with zero attached hydrogens (tertiary/aromatic N) is 3. The molecule has 0 spiro atoms. The van der Waals surface area contributed by atoms with Gasteiger partial charge in [-0.1, -0.05) is 30.3 Å². The third kappa shape index (κ3) is 9.99. The number of hydrogen-bond acceptors (Lipinski definition) is 10. The summed E-state index contributed by atoms with van der Waals surface area (Å²) in [6.07, 6.45) is -1.59. The highest BCUT2D eigenvalue weighted by molar-refractivity contribution is 6.01. The van der Waals surface area contributed by atoms with Gasteiger partial charge in [0.05, 0.1) is 12.2 Å². The van der Waals surface area contributed by atoms with Crippen LogP contribution in [0.2, 0.25) is 0 Å². The molecular formula is C32H38N6O6. The Hall–Kier alpha value is -5.15. The van der Waals surface area contributed by atoms with Crippen LogP contribution in [0.3, 0.4) is 0 Å². The van der Waals surface area contributed by atoms with Crippen molar-refractivity contribution in [3.05, 3.63) is 65.7 Å². The van der Waals surface area contributed by atoms with Crippen LogP contribution >= 0.6 is 0 Å². The Labute approximate surface area is 257 Å². The second kappa shape index (κ2) is 14.3. The molecule has 0 fully saturated rings. The third-order valence-electron chi connectivity index (χ3n) is 5.55. The molecule has 3 aromatic rings. The predicted octanol–water partition coefficient (Wildman–Crippen LogP) is 5.76. The van der Waals surface area contributed by atoms with Crippen molar-refractivity contribution < 1.29 is 28.5 Å². The van der Waals surface area contributed by atoms with E-state index in [-0.39, 0.29) is 30.7 Å². The van der Waals surface area contributed by atoms with Crippen LogP contribution in [0.4, 0.5) is 15.4 Å². The van der Waals surface area contributed by atoms with Gasteiger partial charge < -0.3 is 24.7 Å². The third-order valence-corrected chi connectivity index (χ3v) is 5.55. The summed E-state index contributed by atoms with van der Waals surface area (Å²) in [5, 5.41) is 14.9. The summed E-state index contributed by atoms with van der Waals surface area (Å²) in [7, 11) is 1.53. The van der Waals surface area contributed by atoms with Gasteiger partial charge in [-0.3, -0.25) is 10.6 Å². The van der Waals surface area contributed by atoms with Crippen molar-refractivity contribution in [2.45, 2.75) is 59.3 Å². The molecule has 3 rings (SSSR count). The number of amides is 2. The predicted molar refractivity (Wildman–Crippen MR) is 167 cm³/mol. The minimum absolute atomic E-state index is 0.0474. The quantitative estimate of drug-likeness (QED) is 0.173. The van der Waals surface area contributed by atoms with E-state index in [0.717, 1.165) is 0 Å². The number of pyridine rings is 1. The van der Waals surface area contributed by atoms with E-state index in [9.17, 15) is 14.9 Å². The van der Waals surface area contributed by atoms with Gasteiger partial charge >= 0.3 is 12.2 Å². The average molecular weight is 603 g/mol. The first-order valence-electron chi connectivity index (χ1n) is 13.7. The number of aliphatic imine (C=N–C) groups is 1.